The van der Waals surface area contributed by atoms with E-state index in [0.717, 1.165) is 17.5 Å². The third-order valence-corrected chi connectivity index (χ3v) is 6.33. The summed E-state index contributed by atoms with van der Waals surface area (Å²) < 4.78 is 5.24. The van der Waals surface area contributed by atoms with Crippen LogP contribution in [0.3, 0.4) is 0 Å². The Morgan fingerprint density at radius 3 is 2.57 bits per heavy atom. The standard InChI is InChI=1S/C22H26ClNO3S/c1-2-27-22(26)20-18(16-9-11-17(23)12-10-16)14-28-21(20)24-19(25)13-8-15-6-4-3-5-7-15/h9-12,14-15H,2-8,13H2,1H3,(H,24,25). The first kappa shape index (κ1) is 20.9. The van der Waals surface area contributed by atoms with Crippen molar-refractivity contribution >= 4 is 39.8 Å². The maximum Gasteiger partial charge on any atom is 0.341 e. The summed E-state index contributed by atoms with van der Waals surface area (Å²) in [5.74, 6) is 0.189. The first-order valence-corrected chi connectivity index (χ1v) is 11.2. The summed E-state index contributed by atoms with van der Waals surface area (Å²) in [5, 5.41) is 6.01. The second kappa shape index (κ2) is 10.1. The van der Waals surface area contributed by atoms with Crippen LogP contribution in [0, 0.1) is 5.92 Å². The maximum absolute atomic E-state index is 12.6. The average Bonchev–Trinajstić information content (AvgIpc) is 3.11. The van der Waals surface area contributed by atoms with E-state index in [9.17, 15) is 9.59 Å². The lowest BCUT2D eigenvalue weighted by Gasteiger charge is -2.20. The molecule has 1 fully saturated rings. The van der Waals surface area contributed by atoms with Crippen molar-refractivity contribution in [2.75, 3.05) is 11.9 Å². The van der Waals surface area contributed by atoms with Gasteiger partial charge in [0.1, 0.15) is 10.6 Å². The first-order chi connectivity index (χ1) is 13.6. The number of amides is 1. The van der Waals surface area contributed by atoms with Gasteiger partial charge in [0.2, 0.25) is 5.91 Å². The van der Waals surface area contributed by atoms with Gasteiger partial charge in [-0.1, -0.05) is 55.8 Å². The minimum absolute atomic E-state index is 0.0411. The van der Waals surface area contributed by atoms with Crippen LogP contribution >= 0.6 is 22.9 Å². The molecule has 1 aromatic heterocycles. The van der Waals surface area contributed by atoms with Crippen LogP contribution in [0.1, 0.15) is 62.2 Å². The van der Waals surface area contributed by atoms with Crippen molar-refractivity contribution in [3.63, 3.8) is 0 Å². The smallest absolute Gasteiger partial charge is 0.341 e. The number of rotatable bonds is 7. The zero-order chi connectivity index (χ0) is 19.9. The van der Waals surface area contributed by atoms with Gasteiger partial charge in [0.25, 0.3) is 0 Å². The molecule has 6 heteroatoms. The van der Waals surface area contributed by atoms with E-state index in [2.05, 4.69) is 5.32 Å². The third kappa shape index (κ3) is 5.36. The van der Waals surface area contributed by atoms with E-state index in [-0.39, 0.29) is 12.5 Å². The molecule has 0 saturated heterocycles. The molecule has 0 unspecified atom stereocenters. The van der Waals surface area contributed by atoms with E-state index in [1.165, 1.54) is 43.4 Å². The molecule has 0 atom stereocenters. The Labute approximate surface area is 175 Å². The van der Waals surface area contributed by atoms with Crippen molar-refractivity contribution in [1.82, 2.24) is 0 Å². The van der Waals surface area contributed by atoms with Crippen LogP contribution < -0.4 is 5.32 Å². The van der Waals surface area contributed by atoms with Crippen LogP contribution in [0.15, 0.2) is 29.6 Å². The SMILES string of the molecule is CCOC(=O)c1c(-c2ccc(Cl)cc2)csc1NC(=O)CCC1CCCCC1. The van der Waals surface area contributed by atoms with Crippen molar-refractivity contribution in [3.8, 4) is 11.1 Å². The Balaban J connectivity index is 1.75. The minimum atomic E-state index is -0.420. The number of benzene rings is 1. The Morgan fingerprint density at radius 2 is 1.89 bits per heavy atom. The predicted octanol–water partition coefficient (Wildman–Crippen LogP) is 6.54. The molecule has 1 aliphatic rings. The van der Waals surface area contributed by atoms with E-state index in [1.807, 2.05) is 17.5 Å². The number of carbonyl (C=O) groups is 2. The number of thiophene rings is 1. The van der Waals surface area contributed by atoms with E-state index >= 15 is 0 Å². The Morgan fingerprint density at radius 1 is 1.18 bits per heavy atom. The first-order valence-electron chi connectivity index (χ1n) is 9.93. The van der Waals surface area contributed by atoms with Gasteiger partial charge in [-0.3, -0.25) is 4.79 Å². The fourth-order valence-electron chi connectivity index (χ4n) is 3.70. The highest BCUT2D eigenvalue weighted by atomic mass is 35.5. The molecule has 0 aliphatic heterocycles. The lowest BCUT2D eigenvalue weighted by atomic mass is 9.86. The molecule has 1 aliphatic carbocycles. The van der Waals surface area contributed by atoms with Gasteiger partial charge in [-0.2, -0.15) is 0 Å². The van der Waals surface area contributed by atoms with Crippen molar-refractivity contribution in [2.45, 2.75) is 51.9 Å². The predicted molar refractivity (Wildman–Crippen MR) is 115 cm³/mol. The highest BCUT2D eigenvalue weighted by molar-refractivity contribution is 7.15. The Kier molecular flexibility index (Phi) is 7.51. The largest absolute Gasteiger partial charge is 0.462 e. The summed E-state index contributed by atoms with van der Waals surface area (Å²) in [6.45, 7) is 2.05. The second-order valence-electron chi connectivity index (χ2n) is 7.17. The number of ether oxygens (including phenoxy) is 1. The van der Waals surface area contributed by atoms with Crippen LogP contribution in [-0.2, 0) is 9.53 Å². The van der Waals surface area contributed by atoms with E-state index in [4.69, 9.17) is 16.3 Å². The van der Waals surface area contributed by atoms with Gasteiger partial charge >= 0.3 is 5.97 Å². The summed E-state index contributed by atoms with van der Waals surface area (Å²) in [6.07, 6.45) is 7.71. The number of hydrogen-bond acceptors (Lipinski definition) is 4. The molecule has 2 aromatic rings. The maximum atomic E-state index is 12.6. The Hall–Kier alpha value is -1.85. The van der Waals surface area contributed by atoms with Gasteiger partial charge in [-0.05, 0) is 37.0 Å². The zero-order valence-corrected chi connectivity index (χ0v) is 17.7. The van der Waals surface area contributed by atoms with Gasteiger partial charge in [-0.15, -0.1) is 11.3 Å². The monoisotopic (exact) mass is 419 g/mol. The summed E-state index contributed by atoms with van der Waals surface area (Å²) in [6, 6.07) is 7.29. The van der Waals surface area contributed by atoms with Crippen LogP contribution in [0.4, 0.5) is 5.00 Å². The molecule has 1 aromatic carbocycles. The number of nitrogens with one attached hydrogen (secondary N) is 1. The molecule has 4 nitrogen and oxygen atoms in total. The number of carbonyl (C=O) groups excluding carboxylic acids is 2. The van der Waals surface area contributed by atoms with Crippen molar-refractivity contribution in [3.05, 3.63) is 40.2 Å². The van der Waals surface area contributed by atoms with E-state index < -0.39 is 5.97 Å². The molecule has 1 amide bonds. The minimum Gasteiger partial charge on any atom is -0.462 e. The van der Waals surface area contributed by atoms with Gasteiger partial charge in [0, 0.05) is 22.4 Å². The molecule has 1 N–H and O–H groups in total. The molecule has 1 heterocycles. The lowest BCUT2D eigenvalue weighted by Crippen LogP contribution is -2.16. The number of anilines is 1. The number of esters is 1. The molecule has 0 spiro atoms. The molecule has 0 bridgehead atoms. The molecule has 0 radical (unpaired) electrons. The fourth-order valence-corrected chi connectivity index (χ4v) is 4.80. The van der Waals surface area contributed by atoms with Crippen molar-refractivity contribution in [2.24, 2.45) is 5.92 Å². The van der Waals surface area contributed by atoms with Gasteiger partial charge in [-0.25, -0.2) is 4.79 Å². The van der Waals surface area contributed by atoms with Gasteiger partial charge in [0.05, 0.1) is 6.61 Å². The molecular weight excluding hydrogens is 394 g/mol. The molecule has 1 saturated carbocycles. The molecule has 150 valence electrons. The topological polar surface area (TPSA) is 55.4 Å². The average molecular weight is 420 g/mol. The summed E-state index contributed by atoms with van der Waals surface area (Å²) >= 11 is 7.33. The van der Waals surface area contributed by atoms with Crippen LogP contribution in [0.5, 0.6) is 0 Å². The zero-order valence-electron chi connectivity index (χ0n) is 16.1. The van der Waals surface area contributed by atoms with Crippen LogP contribution in [-0.4, -0.2) is 18.5 Å². The summed E-state index contributed by atoms with van der Waals surface area (Å²) in [7, 11) is 0. The normalized spacial score (nSPS) is 14.6. The number of hydrogen-bond donors (Lipinski definition) is 1. The highest BCUT2D eigenvalue weighted by Crippen LogP contribution is 2.37. The van der Waals surface area contributed by atoms with Gasteiger partial charge in [0.15, 0.2) is 0 Å². The second-order valence-corrected chi connectivity index (χ2v) is 8.49. The summed E-state index contributed by atoms with van der Waals surface area (Å²) in [5.41, 5.74) is 2.04. The highest BCUT2D eigenvalue weighted by Gasteiger charge is 2.23. The molecular formula is C22H26ClNO3S. The van der Waals surface area contributed by atoms with E-state index in [0.29, 0.717) is 27.9 Å². The summed E-state index contributed by atoms with van der Waals surface area (Å²) in [4.78, 5) is 25.1. The lowest BCUT2D eigenvalue weighted by molar-refractivity contribution is -0.116. The third-order valence-electron chi connectivity index (χ3n) is 5.18. The quantitative estimate of drug-likeness (QED) is 0.518. The van der Waals surface area contributed by atoms with Crippen LogP contribution in [0.25, 0.3) is 11.1 Å². The van der Waals surface area contributed by atoms with Crippen molar-refractivity contribution in [1.29, 1.82) is 0 Å². The fraction of sp³-hybridized carbons (Fsp3) is 0.455. The number of halogens is 1. The van der Waals surface area contributed by atoms with Gasteiger partial charge < -0.3 is 10.1 Å². The van der Waals surface area contributed by atoms with Crippen molar-refractivity contribution < 1.29 is 14.3 Å². The van der Waals surface area contributed by atoms with Crippen LogP contribution in [0.2, 0.25) is 5.02 Å². The Bertz CT molecular complexity index is 810. The molecule has 28 heavy (non-hydrogen) atoms. The molecule has 3 rings (SSSR count). The van der Waals surface area contributed by atoms with E-state index in [1.54, 1.807) is 19.1 Å².